The molecule has 192 valence electrons. The molecule has 3 rings (SSSR count). The van der Waals surface area contributed by atoms with Gasteiger partial charge < -0.3 is 19.3 Å². The Kier molecular flexibility index (Phi) is 10.1. The molecule has 37 heavy (non-hydrogen) atoms. The van der Waals surface area contributed by atoms with Crippen LogP contribution >= 0.6 is 0 Å². The largest absolute Gasteiger partial charge is 0.462 e. The van der Waals surface area contributed by atoms with E-state index in [2.05, 4.69) is 73.2 Å². The van der Waals surface area contributed by atoms with Crippen molar-refractivity contribution < 1.29 is 19.1 Å². The summed E-state index contributed by atoms with van der Waals surface area (Å²) >= 11 is 0. The summed E-state index contributed by atoms with van der Waals surface area (Å²) in [6, 6.07) is 24.6. The zero-order chi connectivity index (χ0) is 26.6. The van der Waals surface area contributed by atoms with Crippen LogP contribution < -0.4 is 9.80 Å². The Hall–Kier alpha value is -4.32. The maximum Gasteiger partial charge on any atom is 0.330 e. The number of rotatable bonds is 13. The topological polar surface area (TPSA) is 59.1 Å². The summed E-state index contributed by atoms with van der Waals surface area (Å²) in [6.07, 6.45) is 2.95. The zero-order valence-electron chi connectivity index (χ0n) is 21.6. The van der Waals surface area contributed by atoms with Crippen molar-refractivity contribution >= 4 is 34.7 Å². The van der Waals surface area contributed by atoms with E-state index in [1.807, 2.05) is 36.4 Å². The third-order valence-corrected chi connectivity index (χ3v) is 5.96. The molecular formula is C31H34N2O4. The molecule has 0 unspecified atom stereocenters. The summed E-state index contributed by atoms with van der Waals surface area (Å²) in [4.78, 5) is 27.2. The fourth-order valence-corrected chi connectivity index (χ4v) is 3.96. The molecule has 0 spiro atoms. The minimum atomic E-state index is -0.446. The van der Waals surface area contributed by atoms with Crippen molar-refractivity contribution in [3.05, 3.63) is 109 Å². The zero-order valence-corrected chi connectivity index (χ0v) is 21.6. The first-order chi connectivity index (χ1) is 18.0. The van der Waals surface area contributed by atoms with Crippen molar-refractivity contribution in [1.82, 2.24) is 0 Å². The van der Waals surface area contributed by atoms with E-state index in [1.165, 1.54) is 6.08 Å². The van der Waals surface area contributed by atoms with E-state index < -0.39 is 11.9 Å². The summed E-state index contributed by atoms with van der Waals surface area (Å²) in [5, 5.41) is 0. The molecule has 0 amide bonds. The van der Waals surface area contributed by atoms with Crippen LogP contribution in [0.2, 0.25) is 0 Å². The first-order valence-corrected chi connectivity index (χ1v) is 12.4. The Morgan fingerprint density at radius 2 is 1.27 bits per heavy atom. The molecule has 0 aromatic heterocycles. The van der Waals surface area contributed by atoms with E-state index in [9.17, 15) is 9.59 Å². The van der Waals surface area contributed by atoms with Gasteiger partial charge in [-0.1, -0.05) is 43.5 Å². The third kappa shape index (κ3) is 7.58. The second-order valence-electron chi connectivity index (χ2n) is 8.29. The number of carbonyl (C=O) groups is 2. The molecular weight excluding hydrogens is 464 g/mol. The molecule has 0 heterocycles. The summed E-state index contributed by atoms with van der Waals surface area (Å²) < 4.78 is 10.3. The molecule has 3 aromatic carbocycles. The quantitative estimate of drug-likeness (QED) is 0.198. The predicted octanol–water partition coefficient (Wildman–Crippen LogP) is 6.50. The molecule has 6 nitrogen and oxygen atoms in total. The lowest BCUT2D eigenvalue weighted by atomic mass is 10.1. The molecule has 0 atom stereocenters. The van der Waals surface area contributed by atoms with Gasteiger partial charge in [0, 0.05) is 54.4 Å². The van der Waals surface area contributed by atoms with Crippen molar-refractivity contribution in [2.24, 2.45) is 0 Å². The summed E-state index contributed by atoms with van der Waals surface area (Å²) in [6.45, 7) is 13.5. The highest BCUT2D eigenvalue weighted by Crippen LogP contribution is 2.36. The van der Waals surface area contributed by atoms with Crippen LogP contribution in [0.25, 0.3) is 0 Å². The molecule has 0 fully saturated rings. The maximum atomic E-state index is 11.4. The molecule has 0 aliphatic heterocycles. The number of ether oxygens (including phenoxy) is 2. The molecule has 0 aliphatic carbocycles. The van der Waals surface area contributed by atoms with Crippen LogP contribution in [0.15, 0.2) is 98.1 Å². The number of benzene rings is 3. The van der Waals surface area contributed by atoms with Gasteiger partial charge in [-0.15, -0.1) is 0 Å². The lowest BCUT2D eigenvalue weighted by molar-refractivity contribution is -0.139. The van der Waals surface area contributed by atoms with Gasteiger partial charge in [0.1, 0.15) is 6.61 Å². The van der Waals surface area contributed by atoms with Crippen molar-refractivity contribution in [2.45, 2.75) is 26.9 Å². The van der Waals surface area contributed by atoms with Gasteiger partial charge in [0.15, 0.2) is 0 Å². The monoisotopic (exact) mass is 498 g/mol. The van der Waals surface area contributed by atoms with E-state index in [1.54, 1.807) is 0 Å². The van der Waals surface area contributed by atoms with Crippen molar-refractivity contribution in [1.29, 1.82) is 0 Å². The average molecular weight is 499 g/mol. The molecule has 0 aliphatic rings. The lowest BCUT2D eigenvalue weighted by Gasteiger charge is -2.28. The first-order valence-electron chi connectivity index (χ1n) is 12.4. The van der Waals surface area contributed by atoms with Gasteiger partial charge in [-0.25, -0.2) is 9.59 Å². The fraction of sp³-hybridized carbons (Fsp3) is 0.226. The summed E-state index contributed by atoms with van der Waals surface area (Å²) in [5.74, 6) is -0.864. The molecule has 0 radical (unpaired) electrons. The maximum absolute atomic E-state index is 11.4. The second kappa shape index (κ2) is 13.7. The van der Waals surface area contributed by atoms with Gasteiger partial charge >= 0.3 is 11.9 Å². The molecule has 0 saturated carbocycles. The van der Waals surface area contributed by atoms with Crippen LogP contribution in [-0.4, -0.2) is 31.6 Å². The fourth-order valence-electron chi connectivity index (χ4n) is 3.96. The number of hydrogen-bond donors (Lipinski definition) is 0. The SMILES string of the molecule is C=CC(=O)OCCc1ccc(N(c2ccc(COC(=O)C=C)cc2)c2cccc(N(CC)CC)c2)cc1. The molecule has 0 bridgehead atoms. The summed E-state index contributed by atoms with van der Waals surface area (Å²) in [5.41, 5.74) is 6.11. The van der Waals surface area contributed by atoms with Crippen LogP contribution in [0, 0.1) is 0 Å². The predicted molar refractivity (Wildman–Crippen MR) is 150 cm³/mol. The first kappa shape index (κ1) is 27.3. The number of esters is 2. The lowest BCUT2D eigenvalue weighted by Crippen LogP contribution is -2.22. The smallest absolute Gasteiger partial charge is 0.330 e. The molecule has 6 heteroatoms. The summed E-state index contributed by atoms with van der Waals surface area (Å²) in [7, 11) is 0. The van der Waals surface area contributed by atoms with Crippen molar-refractivity contribution in [3.8, 4) is 0 Å². The average Bonchev–Trinajstić information content (AvgIpc) is 2.94. The second-order valence-corrected chi connectivity index (χ2v) is 8.29. The Bertz CT molecular complexity index is 1200. The van der Waals surface area contributed by atoms with E-state index >= 15 is 0 Å². The molecule has 0 N–H and O–H groups in total. The van der Waals surface area contributed by atoms with Crippen LogP contribution in [0.1, 0.15) is 25.0 Å². The Morgan fingerprint density at radius 3 is 1.84 bits per heavy atom. The minimum absolute atomic E-state index is 0.188. The van der Waals surface area contributed by atoms with Crippen LogP contribution in [-0.2, 0) is 32.1 Å². The Balaban J connectivity index is 1.92. The van der Waals surface area contributed by atoms with Crippen molar-refractivity contribution in [2.75, 3.05) is 29.5 Å². The van der Waals surface area contributed by atoms with Crippen molar-refractivity contribution in [3.63, 3.8) is 0 Å². The van der Waals surface area contributed by atoms with Gasteiger partial charge in [0.2, 0.25) is 0 Å². The number of hydrogen-bond acceptors (Lipinski definition) is 6. The van der Waals surface area contributed by atoms with Gasteiger partial charge in [-0.2, -0.15) is 0 Å². The normalized spacial score (nSPS) is 10.3. The van der Waals surface area contributed by atoms with E-state index in [-0.39, 0.29) is 6.61 Å². The highest BCUT2D eigenvalue weighted by Gasteiger charge is 2.14. The molecule has 3 aromatic rings. The number of nitrogens with zero attached hydrogens (tertiary/aromatic N) is 2. The number of anilines is 4. The Morgan fingerprint density at radius 1 is 0.730 bits per heavy atom. The van der Waals surface area contributed by atoms with Gasteiger partial charge in [-0.05, 0) is 67.4 Å². The highest BCUT2D eigenvalue weighted by atomic mass is 16.5. The Labute approximate surface area is 219 Å². The van der Waals surface area contributed by atoms with Crippen LogP contribution in [0.3, 0.4) is 0 Å². The van der Waals surface area contributed by atoms with Gasteiger partial charge in [0.05, 0.1) is 6.61 Å². The number of carbonyl (C=O) groups excluding carboxylic acids is 2. The highest BCUT2D eigenvalue weighted by molar-refractivity contribution is 5.82. The molecule has 0 saturated heterocycles. The van der Waals surface area contributed by atoms with Gasteiger partial charge in [-0.3, -0.25) is 0 Å². The van der Waals surface area contributed by atoms with E-state index in [0.717, 1.165) is 53.0 Å². The third-order valence-electron chi connectivity index (χ3n) is 5.96. The minimum Gasteiger partial charge on any atom is -0.462 e. The van der Waals surface area contributed by atoms with E-state index in [0.29, 0.717) is 13.0 Å². The van der Waals surface area contributed by atoms with Crippen LogP contribution in [0.5, 0.6) is 0 Å². The standard InChI is InChI=1S/C31H34N2O4/c1-5-30(34)36-21-20-24-12-16-26(17-13-24)33(29-11-9-10-28(22-29)32(7-3)8-4)27-18-14-25(15-19-27)23-37-31(35)6-2/h5-6,9-19,22H,1-2,7-8,20-21,23H2,3-4H3. The van der Waals surface area contributed by atoms with E-state index in [4.69, 9.17) is 9.47 Å². The van der Waals surface area contributed by atoms with Crippen LogP contribution in [0.4, 0.5) is 22.7 Å². The van der Waals surface area contributed by atoms with Gasteiger partial charge in [0.25, 0.3) is 0 Å².